The van der Waals surface area contributed by atoms with Gasteiger partial charge in [0, 0.05) is 70.9 Å². The van der Waals surface area contributed by atoms with Crippen molar-refractivity contribution in [3.8, 4) is 5.88 Å². The fourth-order valence-electron chi connectivity index (χ4n) is 3.98. The van der Waals surface area contributed by atoms with Gasteiger partial charge in [0.2, 0.25) is 5.88 Å². The first-order valence-corrected chi connectivity index (χ1v) is 10.3. The van der Waals surface area contributed by atoms with Crippen LogP contribution in [-0.4, -0.2) is 65.1 Å². The van der Waals surface area contributed by atoms with Crippen molar-refractivity contribution in [1.82, 2.24) is 25.0 Å². The maximum atomic E-state index is 6.03. The number of nitrogens with zero attached hydrogens (tertiary/aromatic N) is 5. The number of ether oxygens (including phenoxy) is 2. The smallest absolute Gasteiger partial charge is 0.213 e. The molecule has 0 aliphatic carbocycles. The van der Waals surface area contributed by atoms with Crippen molar-refractivity contribution >= 4 is 5.96 Å². The molecule has 8 nitrogen and oxygen atoms in total. The minimum absolute atomic E-state index is 0.196. The average Bonchev–Trinajstić information content (AvgIpc) is 3.39. The van der Waals surface area contributed by atoms with Gasteiger partial charge in [0.15, 0.2) is 5.96 Å². The maximum Gasteiger partial charge on any atom is 0.213 e. The van der Waals surface area contributed by atoms with Gasteiger partial charge >= 0.3 is 0 Å². The number of hydrogen-bond donors (Lipinski definition) is 1. The highest BCUT2D eigenvalue weighted by Gasteiger charge is 2.26. The second kappa shape index (κ2) is 9.26. The van der Waals surface area contributed by atoms with E-state index in [0.29, 0.717) is 18.3 Å². The van der Waals surface area contributed by atoms with Crippen LogP contribution < -0.4 is 10.1 Å². The van der Waals surface area contributed by atoms with Crippen LogP contribution in [0.1, 0.15) is 36.3 Å². The van der Waals surface area contributed by atoms with Gasteiger partial charge in [-0.2, -0.15) is 5.10 Å². The second-order valence-corrected chi connectivity index (χ2v) is 7.71. The predicted octanol–water partition coefficient (Wildman–Crippen LogP) is 1.94. The van der Waals surface area contributed by atoms with Gasteiger partial charge < -0.3 is 19.7 Å². The summed E-state index contributed by atoms with van der Waals surface area (Å²) in [7, 11) is 3.80. The minimum atomic E-state index is 0.196. The number of pyridine rings is 1. The standard InChI is InChI=1S/C21H30N6O2/c1-22-21(27-8-4-17(15-27)18-13-25-26(2)14-18)24-12-16-3-7-23-20(11-16)29-19-5-9-28-10-6-19/h3,7,11,13-14,17,19H,4-6,8-10,12,15H2,1-2H3,(H,22,24). The molecule has 4 rings (SSSR count). The molecule has 2 aromatic heterocycles. The van der Waals surface area contributed by atoms with Crippen LogP contribution in [0.3, 0.4) is 0 Å². The molecule has 4 heterocycles. The Balaban J connectivity index is 1.31. The number of hydrogen-bond acceptors (Lipinski definition) is 5. The Bertz CT molecular complexity index is 830. The van der Waals surface area contributed by atoms with E-state index in [9.17, 15) is 0 Å². The van der Waals surface area contributed by atoms with Crippen LogP contribution >= 0.6 is 0 Å². The van der Waals surface area contributed by atoms with E-state index in [4.69, 9.17) is 9.47 Å². The second-order valence-electron chi connectivity index (χ2n) is 7.71. The van der Waals surface area contributed by atoms with E-state index in [1.165, 1.54) is 5.56 Å². The fraction of sp³-hybridized carbons (Fsp3) is 0.571. The number of aliphatic imine (C=N–C) groups is 1. The Kier molecular flexibility index (Phi) is 6.29. The first kappa shape index (κ1) is 19.7. The quantitative estimate of drug-likeness (QED) is 0.613. The van der Waals surface area contributed by atoms with Crippen molar-refractivity contribution in [2.75, 3.05) is 33.4 Å². The van der Waals surface area contributed by atoms with Crippen molar-refractivity contribution in [3.63, 3.8) is 0 Å². The Morgan fingerprint density at radius 2 is 2.21 bits per heavy atom. The van der Waals surface area contributed by atoms with Crippen LogP contribution in [-0.2, 0) is 18.3 Å². The maximum absolute atomic E-state index is 6.03. The predicted molar refractivity (Wildman–Crippen MR) is 111 cm³/mol. The summed E-state index contributed by atoms with van der Waals surface area (Å²) >= 11 is 0. The van der Waals surface area contributed by atoms with Crippen molar-refractivity contribution in [2.45, 2.75) is 37.8 Å². The minimum Gasteiger partial charge on any atom is -0.474 e. The number of likely N-dealkylation sites (tertiary alicyclic amines) is 1. The molecule has 0 radical (unpaired) electrons. The molecule has 0 spiro atoms. The van der Waals surface area contributed by atoms with Gasteiger partial charge in [-0.05, 0) is 23.6 Å². The third-order valence-corrected chi connectivity index (χ3v) is 5.60. The van der Waals surface area contributed by atoms with Crippen LogP contribution in [0.4, 0.5) is 0 Å². The van der Waals surface area contributed by atoms with Crippen LogP contribution in [0.15, 0.2) is 35.7 Å². The van der Waals surface area contributed by atoms with Crippen molar-refractivity contribution in [3.05, 3.63) is 41.9 Å². The van der Waals surface area contributed by atoms with Gasteiger partial charge in [-0.15, -0.1) is 0 Å². The van der Waals surface area contributed by atoms with Gasteiger partial charge in [-0.1, -0.05) is 0 Å². The summed E-state index contributed by atoms with van der Waals surface area (Å²) in [5.74, 6) is 2.12. The SMILES string of the molecule is CN=C(NCc1ccnc(OC2CCOCC2)c1)N1CCC(c2cnn(C)c2)C1. The number of rotatable bonds is 5. The molecule has 0 aromatic carbocycles. The molecule has 0 amide bonds. The van der Waals surface area contributed by atoms with Crippen LogP contribution in [0.5, 0.6) is 5.88 Å². The molecular weight excluding hydrogens is 368 g/mol. The molecule has 2 saturated heterocycles. The largest absolute Gasteiger partial charge is 0.474 e. The molecule has 8 heteroatoms. The molecule has 29 heavy (non-hydrogen) atoms. The first-order chi connectivity index (χ1) is 14.2. The third kappa shape index (κ3) is 5.06. The van der Waals surface area contributed by atoms with E-state index >= 15 is 0 Å². The highest BCUT2D eigenvalue weighted by Crippen LogP contribution is 2.26. The molecule has 2 aliphatic rings. The molecule has 1 unspecified atom stereocenters. The highest BCUT2D eigenvalue weighted by molar-refractivity contribution is 5.80. The first-order valence-electron chi connectivity index (χ1n) is 10.3. The molecule has 1 N–H and O–H groups in total. The van der Waals surface area contributed by atoms with E-state index in [-0.39, 0.29) is 6.10 Å². The van der Waals surface area contributed by atoms with E-state index in [1.54, 1.807) is 0 Å². The van der Waals surface area contributed by atoms with Crippen LogP contribution in [0.25, 0.3) is 0 Å². The van der Waals surface area contributed by atoms with Gasteiger partial charge in [0.25, 0.3) is 0 Å². The Labute approximate surface area is 171 Å². The number of aromatic nitrogens is 3. The lowest BCUT2D eigenvalue weighted by Gasteiger charge is -2.23. The zero-order valence-corrected chi connectivity index (χ0v) is 17.3. The summed E-state index contributed by atoms with van der Waals surface area (Å²) in [4.78, 5) is 11.2. The molecule has 0 bridgehead atoms. The number of nitrogens with one attached hydrogen (secondary N) is 1. The summed E-state index contributed by atoms with van der Waals surface area (Å²) in [6, 6.07) is 4.03. The molecule has 2 fully saturated rings. The monoisotopic (exact) mass is 398 g/mol. The topological polar surface area (TPSA) is 76.8 Å². The lowest BCUT2D eigenvalue weighted by atomic mass is 10.0. The van der Waals surface area contributed by atoms with Crippen molar-refractivity contribution in [1.29, 1.82) is 0 Å². The van der Waals surface area contributed by atoms with Crippen molar-refractivity contribution in [2.24, 2.45) is 12.0 Å². The molecule has 156 valence electrons. The van der Waals surface area contributed by atoms with Gasteiger partial charge in [0.05, 0.1) is 19.4 Å². The summed E-state index contributed by atoms with van der Waals surface area (Å²) < 4.78 is 13.3. The van der Waals surface area contributed by atoms with E-state index < -0.39 is 0 Å². The van der Waals surface area contributed by atoms with Gasteiger partial charge in [-0.25, -0.2) is 4.98 Å². The van der Waals surface area contributed by atoms with E-state index in [2.05, 4.69) is 31.5 Å². The molecular formula is C21H30N6O2. The van der Waals surface area contributed by atoms with E-state index in [1.807, 2.05) is 43.3 Å². The molecule has 2 aliphatic heterocycles. The zero-order chi connectivity index (χ0) is 20.1. The Morgan fingerprint density at radius 1 is 1.34 bits per heavy atom. The van der Waals surface area contributed by atoms with E-state index in [0.717, 1.165) is 57.1 Å². The van der Waals surface area contributed by atoms with Crippen molar-refractivity contribution < 1.29 is 9.47 Å². The fourth-order valence-corrected chi connectivity index (χ4v) is 3.98. The summed E-state index contributed by atoms with van der Waals surface area (Å²) in [6.07, 6.45) is 9.05. The summed E-state index contributed by atoms with van der Waals surface area (Å²) in [6.45, 7) is 4.16. The number of guanidine groups is 1. The van der Waals surface area contributed by atoms with Gasteiger partial charge in [-0.3, -0.25) is 9.67 Å². The molecule has 2 aromatic rings. The Hall–Kier alpha value is -2.61. The summed E-state index contributed by atoms with van der Waals surface area (Å²) in [5.41, 5.74) is 2.43. The molecule has 1 atom stereocenters. The summed E-state index contributed by atoms with van der Waals surface area (Å²) in [5, 5.41) is 7.79. The lowest BCUT2D eigenvalue weighted by Crippen LogP contribution is -2.39. The lowest BCUT2D eigenvalue weighted by molar-refractivity contribution is 0.0237. The zero-order valence-electron chi connectivity index (χ0n) is 17.3. The normalized spacial score (nSPS) is 20.8. The van der Waals surface area contributed by atoms with Crippen LogP contribution in [0, 0.1) is 0 Å². The molecule has 0 saturated carbocycles. The van der Waals surface area contributed by atoms with Gasteiger partial charge in [0.1, 0.15) is 6.10 Å². The highest BCUT2D eigenvalue weighted by atomic mass is 16.5. The third-order valence-electron chi connectivity index (χ3n) is 5.60. The average molecular weight is 399 g/mol. The van der Waals surface area contributed by atoms with Crippen LogP contribution in [0.2, 0.25) is 0 Å². The number of aryl methyl sites for hydroxylation is 1. The Morgan fingerprint density at radius 3 is 2.97 bits per heavy atom.